The molecule has 0 aliphatic rings. The molecule has 92 valence electrons. The summed E-state index contributed by atoms with van der Waals surface area (Å²) in [6, 6.07) is 0. The van der Waals surface area contributed by atoms with E-state index in [1.165, 1.54) is 6.20 Å². The van der Waals surface area contributed by atoms with Crippen molar-refractivity contribution < 1.29 is 13.2 Å². The maximum absolute atomic E-state index is 12.3. The van der Waals surface area contributed by atoms with Gasteiger partial charge in [-0.2, -0.15) is 13.2 Å². The van der Waals surface area contributed by atoms with Gasteiger partial charge in [0.05, 0.1) is 6.20 Å². The molecular weight excluding hydrogens is 239 g/mol. The topological polar surface area (TPSA) is 28.2 Å². The van der Waals surface area contributed by atoms with Gasteiger partial charge >= 0.3 is 6.18 Å². The van der Waals surface area contributed by atoms with E-state index in [0.29, 0.717) is 22.9 Å². The Morgan fingerprint density at radius 1 is 1.50 bits per heavy atom. The van der Waals surface area contributed by atoms with Crippen molar-refractivity contribution in [2.45, 2.75) is 12.6 Å². The minimum Gasteiger partial charge on any atom is -0.365 e. The Bertz CT molecular complexity index is 324. The van der Waals surface area contributed by atoms with Crippen molar-refractivity contribution in [2.24, 2.45) is 0 Å². The zero-order valence-electron chi connectivity index (χ0n) is 9.14. The summed E-state index contributed by atoms with van der Waals surface area (Å²) in [5.74, 6) is 0. The standard InChI is InChI=1S/C9H14F3N3S/c1-13-4-3-5-15(2)7-6-14-8(16-7)9(10,11)12/h6,13H,3-5H2,1-2H3. The molecule has 1 heterocycles. The van der Waals surface area contributed by atoms with Crippen molar-refractivity contribution in [2.75, 3.05) is 32.1 Å². The minimum atomic E-state index is -4.34. The maximum Gasteiger partial charge on any atom is 0.443 e. The molecule has 7 heteroatoms. The molecule has 1 N–H and O–H groups in total. The van der Waals surface area contributed by atoms with Crippen LogP contribution in [0, 0.1) is 0 Å². The molecule has 0 amide bonds. The van der Waals surface area contributed by atoms with Crippen LogP contribution in [0.5, 0.6) is 0 Å². The summed E-state index contributed by atoms with van der Waals surface area (Å²) < 4.78 is 36.9. The van der Waals surface area contributed by atoms with E-state index >= 15 is 0 Å². The van der Waals surface area contributed by atoms with Crippen LogP contribution < -0.4 is 10.2 Å². The van der Waals surface area contributed by atoms with Gasteiger partial charge in [-0.05, 0) is 20.0 Å². The molecule has 0 bridgehead atoms. The Hall–Kier alpha value is -0.820. The largest absolute Gasteiger partial charge is 0.443 e. The zero-order valence-corrected chi connectivity index (χ0v) is 9.95. The predicted molar refractivity (Wildman–Crippen MR) is 58.9 cm³/mol. The molecule has 0 fully saturated rings. The zero-order chi connectivity index (χ0) is 12.2. The summed E-state index contributed by atoms with van der Waals surface area (Å²) in [5, 5.41) is 2.74. The fourth-order valence-electron chi connectivity index (χ4n) is 1.18. The first-order chi connectivity index (χ1) is 7.45. The highest BCUT2D eigenvalue weighted by Gasteiger charge is 2.34. The SMILES string of the molecule is CNCCCN(C)c1cnc(C(F)(F)F)s1. The van der Waals surface area contributed by atoms with Crippen LogP contribution in [0.4, 0.5) is 18.2 Å². The van der Waals surface area contributed by atoms with Crippen LogP contribution >= 0.6 is 11.3 Å². The molecule has 0 atom stereocenters. The molecule has 16 heavy (non-hydrogen) atoms. The van der Waals surface area contributed by atoms with E-state index in [1.807, 2.05) is 7.05 Å². The first-order valence-corrected chi connectivity index (χ1v) is 5.65. The van der Waals surface area contributed by atoms with Crippen LogP contribution in [-0.4, -0.2) is 32.2 Å². The number of halogens is 3. The molecule has 3 nitrogen and oxygen atoms in total. The van der Waals surface area contributed by atoms with Crippen molar-refractivity contribution >= 4 is 16.3 Å². The van der Waals surface area contributed by atoms with E-state index < -0.39 is 11.2 Å². The molecule has 1 aromatic rings. The number of rotatable bonds is 5. The average molecular weight is 253 g/mol. The normalized spacial score (nSPS) is 11.8. The fourth-order valence-corrected chi connectivity index (χ4v) is 1.95. The molecule has 0 unspecified atom stereocenters. The lowest BCUT2D eigenvalue weighted by Gasteiger charge is -2.15. The molecule has 0 aliphatic heterocycles. The summed E-state index contributed by atoms with van der Waals surface area (Å²) in [6.45, 7) is 1.55. The Balaban J connectivity index is 2.56. The highest BCUT2D eigenvalue weighted by Crippen LogP contribution is 2.35. The van der Waals surface area contributed by atoms with Crippen LogP contribution in [0.2, 0.25) is 0 Å². The summed E-state index contributed by atoms with van der Waals surface area (Å²) in [5.41, 5.74) is 0. The van der Waals surface area contributed by atoms with Crippen molar-refractivity contribution in [3.8, 4) is 0 Å². The van der Waals surface area contributed by atoms with E-state index in [-0.39, 0.29) is 0 Å². The number of nitrogens with one attached hydrogen (secondary N) is 1. The number of hydrogen-bond acceptors (Lipinski definition) is 4. The van der Waals surface area contributed by atoms with Crippen molar-refractivity contribution in [3.63, 3.8) is 0 Å². The lowest BCUT2D eigenvalue weighted by Crippen LogP contribution is -2.21. The molecule has 0 saturated heterocycles. The Morgan fingerprint density at radius 3 is 2.69 bits per heavy atom. The second-order valence-corrected chi connectivity index (χ2v) is 4.39. The van der Waals surface area contributed by atoms with E-state index in [4.69, 9.17) is 0 Å². The number of hydrogen-bond donors (Lipinski definition) is 1. The van der Waals surface area contributed by atoms with Crippen LogP contribution in [0.3, 0.4) is 0 Å². The van der Waals surface area contributed by atoms with Gasteiger partial charge in [-0.1, -0.05) is 11.3 Å². The van der Waals surface area contributed by atoms with E-state index in [2.05, 4.69) is 10.3 Å². The summed E-state index contributed by atoms with van der Waals surface area (Å²) in [4.78, 5) is 5.15. The van der Waals surface area contributed by atoms with Crippen molar-refractivity contribution in [1.82, 2.24) is 10.3 Å². The Kier molecular flexibility index (Phi) is 4.55. The molecule has 0 radical (unpaired) electrons. The molecule has 1 aromatic heterocycles. The number of nitrogens with zero attached hydrogens (tertiary/aromatic N) is 2. The number of alkyl halides is 3. The van der Waals surface area contributed by atoms with Gasteiger partial charge in [-0.25, -0.2) is 4.98 Å². The van der Waals surface area contributed by atoms with Gasteiger partial charge in [-0.3, -0.25) is 0 Å². The fraction of sp³-hybridized carbons (Fsp3) is 0.667. The number of anilines is 1. The predicted octanol–water partition coefficient (Wildman–Crippen LogP) is 2.21. The monoisotopic (exact) mass is 253 g/mol. The molecule has 0 saturated carbocycles. The molecule has 0 aliphatic carbocycles. The van der Waals surface area contributed by atoms with Crippen molar-refractivity contribution in [1.29, 1.82) is 0 Å². The van der Waals surface area contributed by atoms with Crippen molar-refractivity contribution in [3.05, 3.63) is 11.2 Å². The highest BCUT2D eigenvalue weighted by atomic mass is 32.1. The van der Waals surface area contributed by atoms with Crippen LogP contribution in [0.25, 0.3) is 0 Å². The van der Waals surface area contributed by atoms with Gasteiger partial charge in [-0.15, -0.1) is 0 Å². The van der Waals surface area contributed by atoms with E-state index in [0.717, 1.165) is 13.0 Å². The number of aromatic nitrogens is 1. The third kappa shape index (κ3) is 3.64. The third-order valence-electron chi connectivity index (χ3n) is 2.03. The van der Waals surface area contributed by atoms with Gasteiger partial charge < -0.3 is 10.2 Å². The highest BCUT2D eigenvalue weighted by molar-refractivity contribution is 7.15. The summed E-state index contributed by atoms with van der Waals surface area (Å²) >= 11 is 0.675. The van der Waals surface area contributed by atoms with Crippen LogP contribution in [0.15, 0.2) is 6.20 Å². The summed E-state index contributed by atoms with van der Waals surface area (Å²) in [6.07, 6.45) is -2.19. The third-order valence-corrected chi connectivity index (χ3v) is 3.19. The second-order valence-electron chi connectivity index (χ2n) is 3.38. The minimum absolute atomic E-state index is 0.545. The van der Waals surface area contributed by atoms with Crippen LogP contribution in [-0.2, 0) is 6.18 Å². The van der Waals surface area contributed by atoms with Gasteiger partial charge in [0.1, 0.15) is 5.00 Å². The average Bonchev–Trinajstić information content (AvgIpc) is 2.66. The quantitative estimate of drug-likeness (QED) is 0.815. The smallest absolute Gasteiger partial charge is 0.365 e. The first-order valence-electron chi connectivity index (χ1n) is 4.84. The van der Waals surface area contributed by atoms with E-state index in [1.54, 1.807) is 11.9 Å². The van der Waals surface area contributed by atoms with Gasteiger partial charge in [0.25, 0.3) is 0 Å². The summed E-state index contributed by atoms with van der Waals surface area (Å²) in [7, 11) is 3.61. The van der Waals surface area contributed by atoms with Crippen LogP contribution in [0.1, 0.15) is 11.4 Å². The van der Waals surface area contributed by atoms with Gasteiger partial charge in [0, 0.05) is 13.6 Å². The molecular formula is C9H14F3N3S. The lowest BCUT2D eigenvalue weighted by atomic mass is 10.4. The second kappa shape index (κ2) is 5.49. The molecule has 1 rings (SSSR count). The lowest BCUT2D eigenvalue weighted by molar-refractivity contribution is -0.137. The number of thiazole rings is 1. The molecule has 0 spiro atoms. The Morgan fingerprint density at radius 2 is 2.19 bits per heavy atom. The molecule has 0 aromatic carbocycles. The maximum atomic E-state index is 12.3. The Labute approximate surface area is 96.3 Å². The first kappa shape index (κ1) is 13.2. The van der Waals surface area contributed by atoms with Gasteiger partial charge in [0.15, 0.2) is 5.01 Å². The van der Waals surface area contributed by atoms with Gasteiger partial charge in [0.2, 0.25) is 0 Å². The van der Waals surface area contributed by atoms with E-state index in [9.17, 15) is 13.2 Å².